The van der Waals surface area contributed by atoms with Gasteiger partial charge in [-0.05, 0) is 45.4 Å². The average Bonchev–Trinajstić information content (AvgIpc) is 2.45. The third-order valence-electron chi connectivity index (χ3n) is 4.34. The van der Waals surface area contributed by atoms with Crippen LogP contribution in [0.5, 0.6) is 0 Å². The van der Waals surface area contributed by atoms with Gasteiger partial charge in [0.05, 0.1) is 0 Å². The van der Waals surface area contributed by atoms with E-state index < -0.39 is 0 Å². The van der Waals surface area contributed by atoms with Crippen LogP contribution in [0.3, 0.4) is 0 Å². The molecule has 1 saturated heterocycles. The van der Waals surface area contributed by atoms with Crippen LogP contribution in [0, 0.1) is 13.8 Å². The van der Waals surface area contributed by atoms with Gasteiger partial charge in [-0.2, -0.15) is 0 Å². The van der Waals surface area contributed by atoms with Crippen molar-refractivity contribution < 1.29 is 4.79 Å². The fourth-order valence-electron chi connectivity index (χ4n) is 3.09. The molecule has 1 aromatic carbocycles. The Kier molecular flexibility index (Phi) is 4.81. The summed E-state index contributed by atoms with van der Waals surface area (Å²) in [4.78, 5) is 17.0. The normalized spacial score (nSPS) is 17.2. The molecule has 3 heteroatoms. The van der Waals surface area contributed by atoms with E-state index in [1.807, 2.05) is 37.9 Å². The molecule has 110 valence electrons. The summed E-state index contributed by atoms with van der Waals surface area (Å²) in [7, 11) is 1.95. The quantitative estimate of drug-likeness (QED) is 0.846. The summed E-state index contributed by atoms with van der Waals surface area (Å²) in [5.74, 6) is 0.159. The summed E-state index contributed by atoms with van der Waals surface area (Å²) in [6.07, 6.45) is 2.17. The van der Waals surface area contributed by atoms with Crippen LogP contribution >= 0.6 is 0 Å². The first-order valence-corrected chi connectivity index (χ1v) is 7.59. The molecule has 0 N–H and O–H groups in total. The molecule has 0 spiro atoms. The number of likely N-dealkylation sites (tertiary alicyclic amines) is 1. The number of aryl methyl sites for hydroxylation is 2. The second-order valence-corrected chi connectivity index (χ2v) is 5.96. The topological polar surface area (TPSA) is 23.6 Å². The molecule has 20 heavy (non-hydrogen) atoms. The standard InChI is InChI=1S/C17H26N2O/c1-5-19-8-6-16(7-9-19)18(4)17(20)15-11-13(2)10-14(3)12-15/h10-12,16H,5-9H2,1-4H3. The van der Waals surface area contributed by atoms with Crippen LogP contribution in [0.2, 0.25) is 0 Å². The molecule has 1 fully saturated rings. The second kappa shape index (κ2) is 6.40. The molecule has 1 heterocycles. The van der Waals surface area contributed by atoms with Crippen molar-refractivity contribution in [1.82, 2.24) is 9.80 Å². The van der Waals surface area contributed by atoms with Crippen molar-refractivity contribution in [3.63, 3.8) is 0 Å². The molecule has 0 atom stereocenters. The van der Waals surface area contributed by atoms with Crippen LogP contribution in [0.25, 0.3) is 0 Å². The van der Waals surface area contributed by atoms with Gasteiger partial charge in [-0.15, -0.1) is 0 Å². The van der Waals surface area contributed by atoms with Crippen molar-refractivity contribution in [1.29, 1.82) is 0 Å². The van der Waals surface area contributed by atoms with E-state index in [1.54, 1.807) is 0 Å². The lowest BCUT2D eigenvalue weighted by molar-refractivity contribution is 0.0646. The minimum atomic E-state index is 0.159. The Morgan fingerprint density at radius 1 is 1.20 bits per heavy atom. The predicted octanol–water partition coefficient (Wildman–Crippen LogP) is 2.86. The average molecular weight is 274 g/mol. The molecule has 0 bridgehead atoms. The molecule has 2 rings (SSSR count). The Morgan fingerprint density at radius 3 is 2.25 bits per heavy atom. The Morgan fingerprint density at radius 2 is 1.75 bits per heavy atom. The zero-order valence-corrected chi connectivity index (χ0v) is 13.1. The van der Waals surface area contributed by atoms with Crippen molar-refractivity contribution >= 4 is 5.91 Å². The van der Waals surface area contributed by atoms with Crippen molar-refractivity contribution in [2.75, 3.05) is 26.7 Å². The van der Waals surface area contributed by atoms with Gasteiger partial charge >= 0.3 is 0 Å². The summed E-state index contributed by atoms with van der Waals surface area (Å²) >= 11 is 0. The van der Waals surface area contributed by atoms with Crippen molar-refractivity contribution in [2.24, 2.45) is 0 Å². The third kappa shape index (κ3) is 3.40. The van der Waals surface area contributed by atoms with Crippen molar-refractivity contribution in [3.8, 4) is 0 Å². The fraction of sp³-hybridized carbons (Fsp3) is 0.588. The lowest BCUT2D eigenvalue weighted by atomic mass is 10.0. The summed E-state index contributed by atoms with van der Waals surface area (Å²) in [5, 5.41) is 0. The third-order valence-corrected chi connectivity index (χ3v) is 4.34. The highest BCUT2D eigenvalue weighted by atomic mass is 16.2. The molecule has 1 aliphatic rings. The molecule has 0 radical (unpaired) electrons. The van der Waals surface area contributed by atoms with Gasteiger partial charge in [-0.3, -0.25) is 4.79 Å². The minimum Gasteiger partial charge on any atom is -0.339 e. The van der Waals surface area contributed by atoms with Crippen LogP contribution in [0.1, 0.15) is 41.3 Å². The zero-order valence-electron chi connectivity index (χ0n) is 13.1. The largest absolute Gasteiger partial charge is 0.339 e. The Balaban J connectivity index is 2.05. The second-order valence-electron chi connectivity index (χ2n) is 5.96. The first-order valence-electron chi connectivity index (χ1n) is 7.59. The van der Waals surface area contributed by atoms with Gasteiger partial charge in [0.2, 0.25) is 0 Å². The van der Waals surface area contributed by atoms with E-state index in [4.69, 9.17) is 0 Å². The van der Waals surface area contributed by atoms with Gasteiger partial charge in [0, 0.05) is 31.7 Å². The number of amides is 1. The summed E-state index contributed by atoms with van der Waals surface area (Å²) < 4.78 is 0. The molecular weight excluding hydrogens is 248 g/mol. The van der Waals surface area contributed by atoms with Gasteiger partial charge in [0.1, 0.15) is 0 Å². The number of rotatable bonds is 3. The molecule has 0 aromatic heterocycles. The predicted molar refractivity (Wildman–Crippen MR) is 83.1 cm³/mol. The zero-order chi connectivity index (χ0) is 14.7. The number of carbonyl (C=O) groups excluding carboxylic acids is 1. The van der Waals surface area contributed by atoms with E-state index in [-0.39, 0.29) is 5.91 Å². The highest BCUT2D eigenvalue weighted by Crippen LogP contribution is 2.18. The van der Waals surface area contributed by atoms with Gasteiger partial charge in [-0.1, -0.05) is 24.1 Å². The number of hydrogen-bond acceptors (Lipinski definition) is 2. The summed E-state index contributed by atoms with van der Waals surface area (Å²) in [6, 6.07) is 6.47. The lowest BCUT2D eigenvalue weighted by Crippen LogP contribution is -2.45. The maximum atomic E-state index is 12.6. The van der Waals surface area contributed by atoms with Crippen LogP contribution in [-0.2, 0) is 0 Å². The summed E-state index contributed by atoms with van der Waals surface area (Å²) in [5.41, 5.74) is 3.13. The number of benzene rings is 1. The molecule has 3 nitrogen and oxygen atoms in total. The van der Waals surface area contributed by atoms with Crippen LogP contribution < -0.4 is 0 Å². The van der Waals surface area contributed by atoms with Crippen molar-refractivity contribution in [3.05, 3.63) is 34.9 Å². The Hall–Kier alpha value is -1.35. The van der Waals surface area contributed by atoms with Gasteiger partial charge in [0.25, 0.3) is 5.91 Å². The van der Waals surface area contributed by atoms with E-state index in [0.717, 1.165) is 49.2 Å². The summed E-state index contributed by atoms with van der Waals surface area (Å²) in [6.45, 7) is 9.61. The van der Waals surface area contributed by atoms with E-state index in [2.05, 4.69) is 17.9 Å². The SMILES string of the molecule is CCN1CCC(N(C)C(=O)c2cc(C)cc(C)c2)CC1. The van der Waals surface area contributed by atoms with Gasteiger partial charge in [0.15, 0.2) is 0 Å². The minimum absolute atomic E-state index is 0.159. The fourth-order valence-corrected chi connectivity index (χ4v) is 3.09. The monoisotopic (exact) mass is 274 g/mol. The van der Waals surface area contributed by atoms with Gasteiger partial charge < -0.3 is 9.80 Å². The molecule has 0 aliphatic carbocycles. The maximum absolute atomic E-state index is 12.6. The molecule has 1 aromatic rings. The van der Waals surface area contributed by atoms with E-state index >= 15 is 0 Å². The first-order chi connectivity index (χ1) is 9.51. The van der Waals surface area contributed by atoms with Gasteiger partial charge in [-0.25, -0.2) is 0 Å². The highest BCUT2D eigenvalue weighted by Gasteiger charge is 2.25. The lowest BCUT2D eigenvalue weighted by Gasteiger charge is -2.36. The number of piperidine rings is 1. The molecular formula is C17H26N2O. The molecule has 1 amide bonds. The first kappa shape index (κ1) is 15.0. The van der Waals surface area contributed by atoms with Crippen LogP contribution in [-0.4, -0.2) is 48.4 Å². The van der Waals surface area contributed by atoms with E-state index in [0.29, 0.717) is 6.04 Å². The Bertz CT molecular complexity index is 456. The van der Waals surface area contributed by atoms with E-state index in [9.17, 15) is 4.79 Å². The Labute approximate surface area is 122 Å². The van der Waals surface area contributed by atoms with Crippen LogP contribution in [0.4, 0.5) is 0 Å². The molecule has 0 unspecified atom stereocenters. The van der Waals surface area contributed by atoms with E-state index in [1.165, 1.54) is 0 Å². The maximum Gasteiger partial charge on any atom is 0.253 e. The number of nitrogens with zero attached hydrogens (tertiary/aromatic N) is 2. The highest BCUT2D eigenvalue weighted by molar-refractivity contribution is 5.94. The van der Waals surface area contributed by atoms with Crippen molar-refractivity contribution in [2.45, 2.75) is 39.7 Å². The number of carbonyl (C=O) groups is 1. The molecule has 0 saturated carbocycles. The smallest absolute Gasteiger partial charge is 0.253 e. The molecule has 1 aliphatic heterocycles. The number of hydrogen-bond donors (Lipinski definition) is 0. The van der Waals surface area contributed by atoms with Crippen LogP contribution in [0.15, 0.2) is 18.2 Å².